The first-order chi connectivity index (χ1) is 8.74. The molecule has 1 aromatic heterocycles. The molecular weight excluding hydrogens is 244 g/mol. The van der Waals surface area contributed by atoms with Crippen molar-refractivity contribution in [2.45, 2.75) is 6.92 Å². The molecule has 0 aliphatic rings. The van der Waals surface area contributed by atoms with Crippen molar-refractivity contribution in [3.8, 4) is 11.3 Å². The van der Waals surface area contributed by atoms with E-state index >= 15 is 0 Å². The van der Waals surface area contributed by atoms with Crippen LogP contribution in [0.25, 0.3) is 22.0 Å². The van der Waals surface area contributed by atoms with Crippen molar-refractivity contribution in [2.75, 3.05) is 0 Å². The fourth-order valence-electron chi connectivity index (χ4n) is 2.05. The van der Waals surface area contributed by atoms with E-state index in [0.717, 1.165) is 16.8 Å². The Morgan fingerprint density at radius 2 is 1.78 bits per heavy atom. The van der Waals surface area contributed by atoms with Crippen LogP contribution in [-0.2, 0) is 0 Å². The van der Waals surface area contributed by atoms with Gasteiger partial charge in [0.1, 0.15) is 0 Å². The molecule has 0 aliphatic carbocycles. The summed E-state index contributed by atoms with van der Waals surface area (Å²) in [4.78, 5) is 8.29. The zero-order valence-corrected chi connectivity index (χ0v) is 10.6. The van der Waals surface area contributed by atoms with Gasteiger partial charge in [0, 0.05) is 11.8 Å². The summed E-state index contributed by atoms with van der Waals surface area (Å²) in [5.41, 5.74) is 2.98. The molecule has 3 aromatic rings. The molecule has 0 N–H and O–H groups in total. The van der Waals surface area contributed by atoms with Crippen LogP contribution in [0, 0.1) is 6.92 Å². The molecule has 0 amide bonds. The largest absolute Gasteiger partial charge is 0.226 e. The Balaban J connectivity index is 2.22. The van der Waals surface area contributed by atoms with Crippen LogP contribution in [0.3, 0.4) is 0 Å². The van der Waals surface area contributed by atoms with Crippen molar-refractivity contribution in [3.63, 3.8) is 0 Å². The highest BCUT2D eigenvalue weighted by Gasteiger charge is 2.06. The monoisotopic (exact) mass is 254 g/mol. The van der Waals surface area contributed by atoms with Crippen molar-refractivity contribution < 1.29 is 0 Å². The lowest BCUT2D eigenvalue weighted by Gasteiger charge is -2.06. The topological polar surface area (TPSA) is 25.8 Å². The van der Waals surface area contributed by atoms with Gasteiger partial charge >= 0.3 is 0 Å². The highest BCUT2D eigenvalue weighted by molar-refractivity contribution is 6.28. The number of hydrogen-bond acceptors (Lipinski definition) is 2. The van der Waals surface area contributed by atoms with Gasteiger partial charge in [-0.25, -0.2) is 9.97 Å². The average molecular weight is 255 g/mol. The Morgan fingerprint density at radius 3 is 2.61 bits per heavy atom. The van der Waals surface area contributed by atoms with Crippen molar-refractivity contribution in [2.24, 2.45) is 0 Å². The van der Waals surface area contributed by atoms with Crippen LogP contribution >= 0.6 is 11.6 Å². The normalized spacial score (nSPS) is 10.8. The zero-order chi connectivity index (χ0) is 12.5. The van der Waals surface area contributed by atoms with Gasteiger partial charge in [-0.15, -0.1) is 0 Å². The van der Waals surface area contributed by atoms with Crippen LogP contribution in [0.5, 0.6) is 0 Å². The van der Waals surface area contributed by atoms with E-state index in [1.165, 1.54) is 10.8 Å². The number of nitrogens with zero attached hydrogens (tertiary/aromatic N) is 2. The predicted molar refractivity (Wildman–Crippen MR) is 74.7 cm³/mol. The van der Waals surface area contributed by atoms with Crippen LogP contribution in [0.2, 0.25) is 5.28 Å². The van der Waals surface area contributed by atoms with E-state index in [2.05, 4.69) is 40.3 Å². The van der Waals surface area contributed by atoms with Gasteiger partial charge in [-0.05, 0) is 40.9 Å². The second-order valence-electron chi connectivity index (χ2n) is 4.23. The molecule has 18 heavy (non-hydrogen) atoms. The van der Waals surface area contributed by atoms with E-state index in [1.807, 2.05) is 19.1 Å². The van der Waals surface area contributed by atoms with Crippen molar-refractivity contribution in [1.29, 1.82) is 0 Å². The van der Waals surface area contributed by atoms with Crippen molar-refractivity contribution in [1.82, 2.24) is 9.97 Å². The summed E-state index contributed by atoms with van der Waals surface area (Å²) in [5.74, 6) is 0. The molecule has 0 saturated carbocycles. The molecule has 0 atom stereocenters. The van der Waals surface area contributed by atoms with Crippen molar-refractivity contribution in [3.05, 3.63) is 59.5 Å². The quantitative estimate of drug-likeness (QED) is 0.607. The summed E-state index contributed by atoms with van der Waals surface area (Å²) < 4.78 is 0. The third kappa shape index (κ3) is 1.95. The van der Waals surface area contributed by atoms with Gasteiger partial charge in [0.25, 0.3) is 0 Å². The molecule has 3 heteroatoms. The van der Waals surface area contributed by atoms with E-state index in [4.69, 9.17) is 11.6 Å². The number of benzene rings is 2. The molecule has 3 rings (SSSR count). The van der Waals surface area contributed by atoms with Gasteiger partial charge in [0.2, 0.25) is 5.28 Å². The van der Waals surface area contributed by atoms with Gasteiger partial charge in [-0.2, -0.15) is 0 Å². The number of rotatable bonds is 1. The summed E-state index contributed by atoms with van der Waals surface area (Å²) in [6, 6.07) is 14.5. The van der Waals surface area contributed by atoms with Gasteiger partial charge in [-0.3, -0.25) is 0 Å². The van der Waals surface area contributed by atoms with Crippen LogP contribution in [-0.4, -0.2) is 9.97 Å². The SMILES string of the molecule is Cc1cnc(Cl)nc1-c1ccc2ccccc2c1. The van der Waals surface area contributed by atoms with Gasteiger partial charge in [0.05, 0.1) is 5.69 Å². The molecule has 0 aliphatic heterocycles. The molecule has 0 unspecified atom stereocenters. The summed E-state index contributed by atoms with van der Waals surface area (Å²) in [7, 11) is 0. The minimum absolute atomic E-state index is 0.281. The third-order valence-electron chi connectivity index (χ3n) is 2.97. The lowest BCUT2D eigenvalue weighted by atomic mass is 10.0. The van der Waals surface area contributed by atoms with Gasteiger partial charge in [-0.1, -0.05) is 36.4 Å². The average Bonchev–Trinajstić information content (AvgIpc) is 2.41. The van der Waals surface area contributed by atoms with Crippen LogP contribution in [0.1, 0.15) is 5.56 Å². The predicted octanol–water partition coefficient (Wildman–Crippen LogP) is 4.26. The zero-order valence-electron chi connectivity index (χ0n) is 9.89. The second kappa shape index (κ2) is 4.39. The number of fused-ring (bicyclic) bond motifs is 1. The summed E-state index contributed by atoms with van der Waals surface area (Å²) in [5, 5.41) is 2.70. The highest BCUT2D eigenvalue weighted by atomic mass is 35.5. The van der Waals surface area contributed by atoms with E-state index < -0.39 is 0 Å². The first-order valence-corrected chi connectivity index (χ1v) is 6.10. The van der Waals surface area contributed by atoms with Crippen LogP contribution < -0.4 is 0 Å². The molecule has 88 valence electrons. The maximum atomic E-state index is 5.86. The lowest BCUT2D eigenvalue weighted by molar-refractivity contribution is 1.14. The molecule has 2 nitrogen and oxygen atoms in total. The molecule has 0 bridgehead atoms. The summed E-state index contributed by atoms with van der Waals surface area (Å²) in [6.45, 7) is 1.99. The van der Waals surface area contributed by atoms with Gasteiger partial charge in [0.15, 0.2) is 0 Å². The Labute approximate surface area is 110 Å². The Hall–Kier alpha value is -1.93. The minimum atomic E-state index is 0.281. The highest BCUT2D eigenvalue weighted by Crippen LogP contribution is 2.25. The Morgan fingerprint density at radius 1 is 1.00 bits per heavy atom. The maximum absolute atomic E-state index is 5.86. The van der Waals surface area contributed by atoms with Crippen molar-refractivity contribution >= 4 is 22.4 Å². The number of aryl methyl sites for hydroxylation is 1. The second-order valence-corrected chi connectivity index (χ2v) is 4.57. The van der Waals surface area contributed by atoms with Crippen LogP contribution in [0.4, 0.5) is 0 Å². The summed E-state index contributed by atoms with van der Waals surface area (Å²) in [6.07, 6.45) is 1.75. The molecule has 0 saturated heterocycles. The Kier molecular flexibility index (Phi) is 2.73. The molecular formula is C15H11ClN2. The number of hydrogen-bond donors (Lipinski definition) is 0. The third-order valence-corrected chi connectivity index (χ3v) is 3.15. The minimum Gasteiger partial charge on any atom is -0.226 e. The molecule has 0 radical (unpaired) electrons. The van der Waals surface area contributed by atoms with E-state index in [1.54, 1.807) is 6.20 Å². The standard InChI is InChI=1S/C15H11ClN2/c1-10-9-17-15(16)18-14(10)13-7-6-11-4-2-3-5-12(11)8-13/h2-9H,1H3. The van der Waals surface area contributed by atoms with Gasteiger partial charge < -0.3 is 0 Å². The molecule has 1 heterocycles. The van der Waals surface area contributed by atoms with E-state index in [0.29, 0.717) is 0 Å². The molecule has 2 aromatic carbocycles. The summed E-state index contributed by atoms with van der Waals surface area (Å²) >= 11 is 5.86. The smallest absolute Gasteiger partial charge is 0.222 e. The number of aromatic nitrogens is 2. The number of halogens is 1. The van der Waals surface area contributed by atoms with E-state index in [9.17, 15) is 0 Å². The van der Waals surface area contributed by atoms with Crippen LogP contribution in [0.15, 0.2) is 48.7 Å². The molecule has 0 spiro atoms. The first-order valence-electron chi connectivity index (χ1n) is 5.72. The first kappa shape index (κ1) is 11.2. The Bertz CT molecular complexity index is 723. The lowest BCUT2D eigenvalue weighted by Crippen LogP contribution is -1.91. The fourth-order valence-corrected chi connectivity index (χ4v) is 2.18. The molecule has 0 fully saturated rings. The van der Waals surface area contributed by atoms with E-state index in [-0.39, 0.29) is 5.28 Å². The maximum Gasteiger partial charge on any atom is 0.222 e. The fraction of sp³-hybridized carbons (Fsp3) is 0.0667.